The first-order valence-electron chi connectivity index (χ1n) is 26.5. The smallest absolute Gasteiger partial charge is 0.312 e. The van der Waals surface area contributed by atoms with Gasteiger partial charge in [-0.15, -0.1) is 0 Å². The Morgan fingerprint density at radius 3 is 2.39 bits per heavy atom. The van der Waals surface area contributed by atoms with E-state index < -0.39 is 52.9 Å². The number of halogens is 1. The van der Waals surface area contributed by atoms with Gasteiger partial charge in [0.25, 0.3) is 21.8 Å². The molecule has 0 radical (unpaired) electrons. The largest absolute Gasteiger partial charge is 0.481 e. The number of aromatic amines is 1. The van der Waals surface area contributed by atoms with Crippen molar-refractivity contribution in [3.8, 4) is 23.3 Å². The molecule has 6 heterocycles. The minimum atomic E-state index is -4.78. The van der Waals surface area contributed by atoms with Gasteiger partial charge in [-0.1, -0.05) is 38.1 Å². The van der Waals surface area contributed by atoms with Gasteiger partial charge in [0.1, 0.15) is 22.1 Å². The van der Waals surface area contributed by atoms with Crippen LogP contribution in [-0.2, 0) is 20.0 Å². The Morgan fingerprint density at radius 1 is 0.937 bits per heavy atom. The maximum Gasteiger partial charge on any atom is 0.312 e. The molecule has 4 fully saturated rings. The molecule has 1 amide bonds. The Morgan fingerprint density at radius 2 is 1.68 bits per heavy atom. The normalized spacial score (nSPS) is 21.2. The number of hydrogen-bond donors (Lipinski definition) is 4. The van der Waals surface area contributed by atoms with Crippen molar-refractivity contribution < 1.29 is 50.3 Å². The van der Waals surface area contributed by atoms with Gasteiger partial charge in [0, 0.05) is 93.7 Å². The monoisotopic (exact) mass is 1120 g/mol. The van der Waals surface area contributed by atoms with E-state index >= 15 is 0 Å². The number of sulfonamides is 2. The molecule has 4 aromatic heterocycles. The average Bonchev–Trinajstić information content (AvgIpc) is 3.98. The highest BCUT2D eigenvalue weighted by atomic mass is 32.2. The maximum atomic E-state index is 14.9. The summed E-state index contributed by atoms with van der Waals surface area (Å²) in [5.74, 6) is -1.54. The summed E-state index contributed by atoms with van der Waals surface area (Å²) in [6.07, 6.45) is 9.57. The quantitative estimate of drug-likeness (QED) is 0.0494. The van der Waals surface area contributed by atoms with Gasteiger partial charge in [-0.2, -0.15) is 9.29 Å². The van der Waals surface area contributed by atoms with Gasteiger partial charge < -0.3 is 34.5 Å². The summed E-state index contributed by atoms with van der Waals surface area (Å²) >= 11 is 0. The summed E-state index contributed by atoms with van der Waals surface area (Å²) in [6.45, 7) is 8.83. The molecule has 420 valence electrons. The number of H-pyrrole nitrogens is 1. The van der Waals surface area contributed by atoms with Crippen molar-refractivity contribution in [3.05, 3.63) is 118 Å². The summed E-state index contributed by atoms with van der Waals surface area (Å²) in [4.78, 5) is 45.2. The molecule has 6 aromatic rings. The van der Waals surface area contributed by atoms with Crippen LogP contribution in [0.2, 0.25) is 0 Å². The second kappa shape index (κ2) is 21.9. The van der Waals surface area contributed by atoms with Crippen LogP contribution in [0.15, 0.2) is 95.1 Å². The first kappa shape index (κ1) is 55.3. The predicted molar refractivity (Wildman–Crippen MR) is 292 cm³/mol. The molecule has 2 aliphatic heterocycles. The van der Waals surface area contributed by atoms with Crippen molar-refractivity contribution >= 4 is 54.2 Å². The lowest BCUT2D eigenvalue weighted by molar-refractivity contribution is -0.384. The molecule has 2 aromatic carbocycles. The first-order chi connectivity index (χ1) is 37.7. The summed E-state index contributed by atoms with van der Waals surface area (Å²) in [5.41, 5.74) is 1.57. The van der Waals surface area contributed by atoms with Crippen LogP contribution in [0.5, 0.6) is 23.3 Å². The highest BCUT2D eigenvalue weighted by Crippen LogP contribution is 2.54. The zero-order valence-electron chi connectivity index (χ0n) is 44.6. The Balaban J connectivity index is 0.868. The SMILES string of the molecule is COc1cc(S(=O)(=O)N2CCN(C3CC4(CCN(c5ccc(C(=O)NS(=O)(=O)c6cnc(NCC7CCC(C)(O)CC7)c([N+](=O)[O-])c6)c(Oc6cc7c(F)c[nH]c7nc6OC)c5)CC4)C3)[C@H](c3ccccc3C(C)C)C2)ccn1. The average molecular weight is 1130 g/mol. The van der Waals surface area contributed by atoms with E-state index in [-0.39, 0.29) is 86.4 Å². The van der Waals surface area contributed by atoms with Gasteiger partial charge in [-0.05, 0) is 105 Å². The molecule has 4 aliphatic rings. The lowest BCUT2D eigenvalue weighted by Gasteiger charge is -2.58. The molecule has 21 nitrogen and oxygen atoms in total. The summed E-state index contributed by atoms with van der Waals surface area (Å²) in [5, 5.41) is 25.6. The number of fused-ring (bicyclic) bond motifs is 1. The number of nitrogens with one attached hydrogen (secondary N) is 3. The highest BCUT2D eigenvalue weighted by Gasteiger charge is 2.51. The predicted octanol–water partition coefficient (Wildman–Crippen LogP) is 8.30. The minimum Gasteiger partial charge on any atom is -0.481 e. The molecule has 79 heavy (non-hydrogen) atoms. The Labute approximate surface area is 458 Å². The molecule has 2 saturated carbocycles. The first-order valence-corrected chi connectivity index (χ1v) is 29.4. The lowest BCUT2D eigenvalue weighted by Crippen LogP contribution is -2.60. The Bertz CT molecular complexity index is 3500. The van der Waals surface area contributed by atoms with Crippen molar-refractivity contribution in [2.75, 3.05) is 63.7 Å². The molecule has 10 rings (SSSR count). The highest BCUT2D eigenvalue weighted by molar-refractivity contribution is 7.90. The number of amides is 1. The van der Waals surface area contributed by atoms with Gasteiger partial charge in [0.2, 0.25) is 21.7 Å². The molecule has 24 heteroatoms. The van der Waals surface area contributed by atoms with Gasteiger partial charge in [-0.3, -0.25) is 19.8 Å². The number of piperazine rings is 1. The molecule has 2 saturated heterocycles. The van der Waals surface area contributed by atoms with Crippen molar-refractivity contribution in [3.63, 3.8) is 0 Å². The fourth-order valence-electron chi connectivity index (χ4n) is 11.8. The molecule has 4 N–H and O–H groups in total. The third kappa shape index (κ3) is 11.4. The topological polar surface area (TPSA) is 265 Å². The van der Waals surface area contributed by atoms with Crippen molar-refractivity contribution in [2.24, 2.45) is 11.3 Å². The molecular formula is C55H65FN10O11S2. The summed E-state index contributed by atoms with van der Waals surface area (Å²) in [7, 11) is -5.85. The number of nitrogens with zero attached hydrogens (tertiary/aromatic N) is 7. The van der Waals surface area contributed by atoms with E-state index in [0.717, 1.165) is 49.7 Å². The number of piperidine rings is 1. The van der Waals surface area contributed by atoms with Gasteiger partial charge in [-0.25, -0.2) is 35.9 Å². The number of hydrogen-bond acceptors (Lipinski definition) is 17. The van der Waals surface area contributed by atoms with Gasteiger partial charge in [0.05, 0.1) is 46.8 Å². The minimum absolute atomic E-state index is 0.0272. The van der Waals surface area contributed by atoms with Crippen molar-refractivity contribution in [1.82, 2.24) is 33.9 Å². The number of rotatable bonds is 17. The molecule has 0 bridgehead atoms. The fraction of sp³-hybridized carbons (Fsp3) is 0.455. The molecule has 2 aliphatic carbocycles. The zero-order valence-corrected chi connectivity index (χ0v) is 46.3. The number of carbonyl (C=O) groups is 1. The number of nitro groups is 1. The Kier molecular flexibility index (Phi) is 15.4. The van der Waals surface area contributed by atoms with E-state index in [9.17, 15) is 41.2 Å². The fourth-order valence-corrected chi connectivity index (χ4v) is 14.2. The summed E-state index contributed by atoms with van der Waals surface area (Å²) in [6, 6.07) is 18.2. The van der Waals surface area contributed by atoms with Crippen LogP contribution >= 0.6 is 0 Å². The van der Waals surface area contributed by atoms with E-state index in [4.69, 9.17) is 14.2 Å². The van der Waals surface area contributed by atoms with E-state index in [0.29, 0.717) is 64.1 Å². The summed E-state index contributed by atoms with van der Waals surface area (Å²) < 4.78 is 91.8. The van der Waals surface area contributed by atoms with Crippen molar-refractivity contribution in [1.29, 1.82) is 0 Å². The van der Waals surface area contributed by atoms with E-state index in [1.807, 2.05) is 16.9 Å². The number of aromatic nitrogens is 4. The molecular weight excluding hydrogens is 1060 g/mol. The number of aliphatic hydroxyl groups is 1. The van der Waals surface area contributed by atoms with Crippen LogP contribution in [0.25, 0.3) is 11.0 Å². The van der Waals surface area contributed by atoms with Crippen LogP contribution in [0.3, 0.4) is 0 Å². The number of pyridine rings is 3. The van der Waals surface area contributed by atoms with Gasteiger partial charge >= 0.3 is 5.69 Å². The third-order valence-electron chi connectivity index (χ3n) is 16.4. The van der Waals surface area contributed by atoms with Crippen LogP contribution in [-0.4, -0.2) is 127 Å². The Hall–Kier alpha value is -6.99. The van der Waals surface area contributed by atoms with Crippen molar-refractivity contribution in [2.45, 2.75) is 106 Å². The number of benzene rings is 2. The second-order valence-electron chi connectivity index (χ2n) is 21.8. The lowest BCUT2D eigenvalue weighted by atomic mass is 9.59. The van der Waals surface area contributed by atoms with Crippen LogP contribution in [0.4, 0.5) is 21.6 Å². The zero-order chi connectivity index (χ0) is 56.0. The molecule has 1 atom stereocenters. The van der Waals surface area contributed by atoms with E-state index in [2.05, 4.69) is 61.0 Å². The number of methoxy groups -OCH3 is 2. The number of anilines is 2. The van der Waals surface area contributed by atoms with Crippen LogP contribution < -0.4 is 29.1 Å². The van der Waals surface area contributed by atoms with E-state index in [1.165, 1.54) is 50.2 Å². The third-order valence-corrected chi connectivity index (χ3v) is 19.6. The van der Waals surface area contributed by atoms with E-state index in [1.54, 1.807) is 23.4 Å². The second-order valence-corrected chi connectivity index (χ2v) is 25.5. The maximum absolute atomic E-state index is 14.9. The molecule has 1 spiro atoms. The van der Waals surface area contributed by atoms with Crippen LogP contribution in [0, 0.1) is 27.3 Å². The standard InChI is InChI=1S/C55H65FN10O11S2/c1-34(2)40-8-6-7-9-41(40)46-33-64(79(73,74)38-14-19-57-49(26-38)75-4)22-23-65(46)37-28-55(29-37)17-20-63(21-18-55)36-10-11-42(47(24-36)77-48-27-43-44(56)32-60-50(43)61-53(48)76-5)52(67)62-78(71,72)39-25-45(66(69)70)51(59-31-39)58-30-35-12-15-54(3,68)16-13-35/h6-11,14,19,24-27,31-32,34-35,37,46,68H,12-13,15-18,20-23,28-30,33H2,1-5H3,(H,58,59)(H,60,61)(H,62,67)/t35?,46-,54?/m0/s1. The van der Waals surface area contributed by atoms with Crippen LogP contribution in [0.1, 0.15) is 106 Å². The van der Waals surface area contributed by atoms with Gasteiger partial charge in [0.15, 0.2) is 5.75 Å². The number of carbonyl (C=O) groups excluding carboxylic acids is 1. The number of ether oxygens (including phenoxy) is 3. The molecule has 0 unspecified atom stereocenters.